The fourth-order valence-electron chi connectivity index (χ4n) is 2.87. The number of rotatable bonds is 6. The van der Waals surface area contributed by atoms with E-state index in [1.165, 1.54) is 51.5 Å². The molecule has 1 nitrogen and oxygen atoms in total. The van der Waals surface area contributed by atoms with Crippen molar-refractivity contribution in [2.75, 3.05) is 6.54 Å². The van der Waals surface area contributed by atoms with Crippen LogP contribution in [0.1, 0.15) is 72.6 Å². The van der Waals surface area contributed by atoms with Gasteiger partial charge in [0.25, 0.3) is 0 Å². The van der Waals surface area contributed by atoms with Gasteiger partial charge in [0.05, 0.1) is 0 Å². The van der Waals surface area contributed by atoms with Gasteiger partial charge in [-0.25, -0.2) is 0 Å². The molecule has 3 unspecified atom stereocenters. The molecule has 1 aliphatic carbocycles. The molecule has 17 heavy (non-hydrogen) atoms. The van der Waals surface area contributed by atoms with Crippen LogP contribution in [0.15, 0.2) is 0 Å². The molecule has 1 aliphatic rings. The first-order valence-corrected chi connectivity index (χ1v) is 7.86. The first-order chi connectivity index (χ1) is 8.13. The number of hydrogen-bond acceptors (Lipinski definition) is 1. The Balaban J connectivity index is 2.22. The predicted molar refractivity (Wildman–Crippen MR) is 77.3 cm³/mol. The Morgan fingerprint density at radius 3 is 2.47 bits per heavy atom. The van der Waals surface area contributed by atoms with E-state index >= 15 is 0 Å². The van der Waals surface area contributed by atoms with Gasteiger partial charge < -0.3 is 5.32 Å². The second-order valence-electron chi connectivity index (χ2n) is 6.49. The molecule has 0 spiro atoms. The van der Waals surface area contributed by atoms with Gasteiger partial charge in [0.1, 0.15) is 0 Å². The molecule has 1 rings (SSSR count). The van der Waals surface area contributed by atoms with Crippen LogP contribution in [0.2, 0.25) is 0 Å². The average molecular weight is 239 g/mol. The Labute approximate surface area is 109 Å². The van der Waals surface area contributed by atoms with E-state index in [0.29, 0.717) is 0 Å². The molecule has 0 aliphatic heterocycles. The van der Waals surface area contributed by atoms with Crippen LogP contribution >= 0.6 is 0 Å². The van der Waals surface area contributed by atoms with Gasteiger partial charge in [-0.15, -0.1) is 0 Å². The Kier molecular flexibility index (Phi) is 7.18. The van der Waals surface area contributed by atoms with Gasteiger partial charge in [0, 0.05) is 6.04 Å². The van der Waals surface area contributed by atoms with Gasteiger partial charge >= 0.3 is 0 Å². The summed E-state index contributed by atoms with van der Waals surface area (Å²) in [6, 6.07) is 0.804. The maximum Gasteiger partial charge on any atom is 0.00672 e. The van der Waals surface area contributed by atoms with Crippen molar-refractivity contribution in [1.29, 1.82) is 0 Å². The third-order valence-electron chi connectivity index (χ3n) is 4.65. The van der Waals surface area contributed by atoms with E-state index in [2.05, 4.69) is 33.0 Å². The van der Waals surface area contributed by atoms with E-state index < -0.39 is 0 Å². The van der Waals surface area contributed by atoms with Crippen molar-refractivity contribution in [3.63, 3.8) is 0 Å². The zero-order chi connectivity index (χ0) is 12.7. The van der Waals surface area contributed by atoms with Crippen LogP contribution in [-0.2, 0) is 0 Å². The summed E-state index contributed by atoms with van der Waals surface area (Å²) in [6.07, 6.45) is 10.0. The minimum atomic E-state index is 0.804. The maximum atomic E-state index is 3.81. The molecule has 1 saturated carbocycles. The summed E-state index contributed by atoms with van der Waals surface area (Å²) in [6.45, 7) is 10.6. The van der Waals surface area contributed by atoms with Gasteiger partial charge in [0.15, 0.2) is 0 Å². The van der Waals surface area contributed by atoms with E-state index in [4.69, 9.17) is 0 Å². The summed E-state index contributed by atoms with van der Waals surface area (Å²) in [4.78, 5) is 0. The van der Waals surface area contributed by atoms with Crippen LogP contribution in [0.25, 0.3) is 0 Å². The molecule has 3 atom stereocenters. The van der Waals surface area contributed by atoms with E-state index in [-0.39, 0.29) is 0 Å². The minimum absolute atomic E-state index is 0.804. The van der Waals surface area contributed by atoms with Gasteiger partial charge in [0.2, 0.25) is 0 Å². The van der Waals surface area contributed by atoms with Crippen molar-refractivity contribution in [2.24, 2.45) is 17.8 Å². The van der Waals surface area contributed by atoms with Crippen LogP contribution in [0, 0.1) is 17.8 Å². The smallest absolute Gasteiger partial charge is 0.00672 e. The molecule has 0 radical (unpaired) electrons. The Hall–Kier alpha value is -0.0400. The van der Waals surface area contributed by atoms with Crippen LogP contribution < -0.4 is 5.32 Å². The van der Waals surface area contributed by atoms with Crippen molar-refractivity contribution in [2.45, 2.75) is 78.7 Å². The molecule has 1 heteroatoms. The third-order valence-corrected chi connectivity index (χ3v) is 4.65. The Bertz CT molecular complexity index is 188. The molecule has 0 saturated heterocycles. The Morgan fingerprint density at radius 1 is 1.06 bits per heavy atom. The maximum absolute atomic E-state index is 3.81. The molecule has 0 amide bonds. The zero-order valence-electron chi connectivity index (χ0n) is 12.5. The second-order valence-corrected chi connectivity index (χ2v) is 6.49. The lowest BCUT2D eigenvalue weighted by atomic mass is 9.95. The van der Waals surface area contributed by atoms with Gasteiger partial charge in [-0.05, 0) is 43.6 Å². The number of nitrogens with one attached hydrogen (secondary N) is 1. The van der Waals surface area contributed by atoms with Crippen LogP contribution in [0.3, 0.4) is 0 Å². The quantitative estimate of drug-likeness (QED) is 0.667. The van der Waals surface area contributed by atoms with Crippen molar-refractivity contribution in [3.8, 4) is 0 Å². The van der Waals surface area contributed by atoms with Crippen molar-refractivity contribution < 1.29 is 0 Å². The van der Waals surface area contributed by atoms with Gasteiger partial charge in [-0.2, -0.15) is 0 Å². The lowest BCUT2D eigenvalue weighted by molar-refractivity contribution is 0.349. The minimum Gasteiger partial charge on any atom is -0.314 e. The van der Waals surface area contributed by atoms with Crippen molar-refractivity contribution in [3.05, 3.63) is 0 Å². The summed E-state index contributed by atoms with van der Waals surface area (Å²) >= 11 is 0. The molecule has 0 aromatic rings. The monoisotopic (exact) mass is 239 g/mol. The molecular formula is C16H33N. The molecular weight excluding hydrogens is 206 g/mol. The first-order valence-electron chi connectivity index (χ1n) is 7.86. The highest BCUT2D eigenvalue weighted by atomic mass is 14.9. The summed E-state index contributed by atoms with van der Waals surface area (Å²) in [5.41, 5.74) is 0. The molecule has 0 heterocycles. The fourth-order valence-corrected chi connectivity index (χ4v) is 2.87. The van der Waals surface area contributed by atoms with E-state index in [1.54, 1.807) is 0 Å². The van der Waals surface area contributed by atoms with E-state index in [1.807, 2.05) is 0 Å². The average Bonchev–Trinajstić information content (AvgIpc) is 2.52. The topological polar surface area (TPSA) is 12.0 Å². The lowest BCUT2D eigenvalue weighted by Crippen LogP contribution is -2.33. The third kappa shape index (κ3) is 5.90. The highest BCUT2D eigenvalue weighted by molar-refractivity contribution is 4.76. The zero-order valence-corrected chi connectivity index (χ0v) is 12.5. The highest BCUT2D eigenvalue weighted by Crippen LogP contribution is 2.26. The molecule has 1 N–H and O–H groups in total. The number of hydrogen-bond donors (Lipinski definition) is 1. The summed E-state index contributed by atoms with van der Waals surface area (Å²) in [7, 11) is 0. The van der Waals surface area contributed by atoms with Gasteiger partial charge in [-0.1, -0.05) is 53.4 Å². The molecule has 102 valence electrons. The summed E-state index contributed by atoms with van der Waals surface area (Å²) in [5, 5.41) is 3.81. The fraction of sp³-hybridized carbons (Fsp3) is 1.00. The molecule has 0 aromatic heterocycles. The molecule has 0 aromatic carbocycles. The van der Waals surface area contributed by atoms with E-state index in [0.717, 1.165) is 23.8 Å². The van der Waals surface area contributed by atoms with Crippen LogP contribution in [0.4, 0.5) is 0 Å². The van der Waals surface area contributed by atoms with Crippen molar-refractivity contribution >= 4 is 0 Å². The second kappa shape index (κ2) is 8.13. The predicted octanol–water partition coefficient (Wildman–Crippen LogP) is 4.62. The normalized spacial score (nSPS) is 28.1. The van der Waals surface area contributed by atoms with Crippen LogP contribution in [-0.4, -0.2) is 12.6 Å². The highest BCUT2D eigenvalue weighted by Gasteiger charge is 2.18. The molecule has 0 bridgehead atoms. The van der Waals surface area contributed by atoms with E-state index in [9.17, 15) is 0 Å². The summed E-state index contributed by atoms with van der Waals surface area (Å²) < 4.78 is 0. The lowest BCUT2D eigenvalue weighted by Gasteiger charge is -2.22. The summed E-state index contributed by atoms with van der Waals surface area (Å²) in [5.74, 6) is 2.64. The standard InChI is InChI=1S/C16H33N/c1-5-7-15-8-6-9-16(11-10-15)17-12-14(4)13(2)3/h13-17H,5-12H2,1-4H3. The Morgan fingerprint density at radius 2 is 1.82 bits per heavy atom. The molecule has 1 fully saturated rings. The SMILES string of the molecule is CCCC1CCCC(NCC(C)C(C)C)CC1. The van der Waals surface area contributed by atoms with Gasteiger partial charge in [-0.3, -0.25) is 0 Å². The first kappa shape index (κ1) is 15.0. The van der Waals surface area contributed by atoms with Crippen molar-refractivity contribution in [1.82, 2.24) is 5.32 Å². The van der Waals surface area contributed by atoms with Crippen LogP contribution in [0.5, 0.6) is 0 Å². The largest absolute Gasteiger partial charge is 0.314 e.